The van der Waals surface area contributed by atoms with Crippen LogP contribution in [-0.4, -0.2) is 11.1 Å². The van der Waals surface area contributed by atoms with Crippen molar-refractivity contribution < 1.29 is 62.7 Å². The van der Waals surface area contributed by atoms with Gasteiger partial charge in [0, 0.05) is 6.42 Å². The van der Waals surface area contributed by atoms with Gasteiger partial charge in [0.05, 0.1) is 0 Å². The largest absolute Gasteiger partial charge is 1.00 e. The molecule has 0 unspecified atom stereocenters. The third-order valence-corrected chi connectivity index (χ3v) is 4.99. The number of carbonyl (C=O) groups is 1. The number of carboxylic acid groups (broad SMARTS) is 1. The first kappa shape index (κ1) is 28.3. The minimum Gasteiger partial charge on any atom is -1.00 e. The molecular formula is C22H45KO2. The second kappa shape index (κ2) is 25.1. The van der Waals surface area contributed by atoms with Crippen molar-refractivity contribution in [3.05, 3.63) is 0 Å². The molecule has 0 saturated carbocycles. The fraction of sp³-hybridized carbons (Fsp3) is 0.955. The minimum absolute atomic E-state index is 0. The molecule has 0 aliphatic heterocycles. The van der Waals surface area contributed by atoms with E-state index in [0.717, 1.165) is 12.8 Å². The van der Waals surface area contributed by atoms with Crippen LogP contribution in [0.4, 0.5) is 0 Å². The smallest absolute Gasteiger partial charge is 1.00 e. The first-order valence-electron chi connectivity index (χ1n) is 11.0. The van der Waals surface area contributed by atoms with Gasteiger partial charge in [-0.1, -0.05) is 122 Å². The molecule has 0 aliphatic carbocycles. The molecule has 0 aliphatic rings. The van der Waals surface area contributed by atoms with Gasteiger partial charge in [0.1, 0.15) is 0 Å². The van der Waals surface area contributed by atoms with Crippen LogP contribution in [0.1, 0.15) is 137 Å². The summed E-state index contributed by atoms with van der Waals surface area (Å²) in [6.45, 7) is 2.28. The molecule has 0 aromatic rings. The van der Waals surface area contributed by atoms with E-state index in [0.29, 0.717) is 6.42 Å². The van der Waals surface area contributed by atoms with Crippen molar-refractivity contribution in [1.29, 1.82) is 0 Å². The molecule has 0 aromatic carbocycles. The van der Waals surface area contributed by atoms with Gasteiger partial charge in [-0.05, 0) is 6.42 Å². The van der Waals surface area contributed by atoms with Crippen molar-refractivity contribution in [3.8, 4) is 0 Å². The molecule has 0 fully saturated rings. The maximum absolute atomic E-state index is 10.4. The summed E-state index contributed by atoms with van der Waals surface area (Å²) in [5.41, 5.74) is 0. The molecule has 0 aromatic heterocycles. The normalized spacial score (nSPS) is 10.6. The van der Waals surface area contributed by atoms with Crippen LogP contribution >= 0.6 is 0 Å². The van der Waals surface area contributed by atoms with Crippen LogP contribution in [0.25, 0.3) is 0 Å². The van der Waals surface area contributed by atoms with Crippen molar-refractivity contribution in [2.75, 3.05) is 0 Å². The van der Waals surface area contributed by atoms with Crippen LogP contribution in [0, 0.1) is 0 Å². The Bertz CT molecular complexity index is 263. The van der Waals surface area contributed by atoms with E-state index in [1.807, 2.05) is 0 Å². The maximum atomic E-state index is 10.4. The molecule has 0 atom stereocenters. The summed E-state index contributed by atoms with van der Waals surface area (Å²) in [5.74, 6) is -0.651. The van der Waals surface area contributed by atoms with Crippen molar-refractivity contribution in [3.63, 3.8) is 0 Å². The van der Waals surface area contributed by atoms with Gasteiger partial charge in [-0.3, -0.25) is 4.79 Å². The van der Waals surface area contributed by atoms with Crippen LogP contribution in [0.5, 0.6) is 0 Å². The van der Waals surface area contributed by atoms with Crippen LogP contribution in [-0.2, 0) is 4.79 Å². The van der Waals surface area contributed by atoms with Gasteiger partial charge in [0.25, 0.3) is 0 Å². The molecule has 146 valence electrons. The summed E-state index contributed by atoms with van der Waals surface area (Å²) >= 11 is 0. The number of rotatable bonds is 20. The third-order valence-electron chi connectivity index (χ3n) is 4.99. The average Bonchev–Trinajstić information content (AvgIpc) is 2.56. The van der Waals surface area contributed by atoms with Crippen LogP contribution in [0.2, 0.25) is 0 Å². The molecule has 1 N–H and O–H groups in total. The quantitative estimate of drug-likeness (QED) is 0.238. The maximum Gasteiger partial charge on any atom is 1.00 e. The monoisotopic (exact) mass is 380 g/mol. The van der Waals surface area contributed by atoms with E-state index in [1.54, 1.807) is 0 Å². The number of hydrogen-bond acceptors (Lipinski definition) is 1. The number of aliphatic carboxylic acids is 1. The molecule has 25 heavy (non-hydrogen) atoms. The van der Waals surface area contributed by atoms with Crippen LogP contribution in [0.3, 0.4) is 0 Å². The van der Waals surface area contributed by atoms with E-state index in [9.17, 15) is 4.79 Å². The van der Waals surface area contributed by atoms with Crippen LogP contribution < -0.4 is 51.4 Å². The standard InChI is InChI=1S/C22H44O2.K.H/c1-2-3-4-5-6-7-8-9-10-11-12-13-14-15-16-17-18-19-20-21-22(23)24;;/h2-21H2,1H3,(H,23,24);;/q;+1;-1. The van der Waals surface area contributed by atoms with Crippen molar-refractivity contribution in [2.24, 2.45) is 0 Å². The fourth-order valence-corrected chi connectivity index (χ4v) is 3.35. The Morgan fingerprint density at radius 2 is 0.800 bits per heavy atom. The molecule has 0 spiro atoms. The second-order valence-corrected chi connectivity index (χ2v) is 7.51. The van der Waals surface area contributed by atoms with E-state index < -0.39 is 5.97 Å². The van der Waals surface area contributed by atoms with E-state index >= 15 is 0 Å². The van der Waals surface area contributed by atoms with E-state index in [2.05, 4.69) is 6.92 Å². The summed E-state index contributed by atoms with van der Waals surface area (Å²) in [7, 11) is 0. The van der Waals surface area contributed by atoms with Gasteiger partial charge in [-0.15, -0.1) is 0 Å². The van der Waals surface area contributed by atoms with E-state index in [1.165, 1.54) is 109 Å². The topological polar surface area (TPSA) is 37.3 Å². The van der Waals surface area contributed by atoms with Crippen molar-refractivity contribution in [1.82, 2.24) is 0 Å². The number of carboxylic acids is 1. The zero-order valence-corrected chi connectivity index (χ0v) is 20.6. The Kier molecular flexibility index (Phi) is 28.4. The van der Waals surface area contributed by atoms with Crippen molar-refractivity contribution in [2.45, 2.75) is 135 Å². The summed E-state index contributed by atoms with van der Waals surface area (Å²) in [4.78, 5) is 10.4. The Hall–Kier alpha value is 1.11. The predicted octanol–water partition coefficient (Wildman–Crippen LogP) is 5.01. The van der Waals surface area contributed by atoms with Gasteiger partial charge >= 0.3 is 57.4 Å². The molecule has 0 saturated heterocycles. The van der Waals surface area contributed by atoms with E-state index in [-0.39, 0.29) is 52.8 Å². The summed E-state index contributed by atoms with van der Waals surface area (Å²) in [6.07, 6.45) is 26.1. The fourth-order valence-electron chi connectivity index (χ4n) is 3.35. The molecule has 2 nitrogen and oxygen atoms in total. The first-order chi connectivity index (χ1) is 11.8. The van der Waals surface area contributed by atoms with Gasteiger partial charge < -0.3 is 6.53 Å². The van der Waals surface area contributed by atoms with Gasteiger partial charge in [0.2, 0.25) is 0 Å². The van der Waals surface area contributed by atoms with E-state index in [4.69, 9.17) is 5.11 Å². The van der Waals surface area contributed by atoms with Crippen LogP contribution in [0.15, 0.2) is 0 Å². The number of unbranched alkanes of at least 4 members (excludes halogenated alkanes) is 18. The minimum atomic E-state index is -0.651. The first-order valence-corrected chi connectivity index (χ1v) is 11.0. The van der Waals surface area contributed by atoms with Gasteiger partial charge in [-0.2, -0.15) is 0 Å². The molecule has 0 heterocycles. The summed E-state index contributed by atoms with van der Waals surface area (Å²) < 4.78 is 0. The molecule has 0 amide bonds. The second-order valence-electron chi connectivity index (χ2n) is 7.51. The molecule has 0 rings (SSSR count). The predicted molar refractivity (Wildman–Crippen MR) is 107 cm³/mol. The molecule has 3 heteroatoms. The summed E-state index contributed by atoms with van der Waals surface area (Å²) in [5, 5.41) is 8.56. The van der Waals surface area contributed by atoms with Gasteiger partial charge in [0.15, 0.2) is 0 Å². The third kappa shape index (κ3) is 27.4. The Morgan fingerprint density at radius 3 is 1.04 bits per heavy atom. The Balaban J connectivity index is -0.00000264. The zero-order valence-electron chi connectivity index (χ0n) is 18.5. The molecule has 0 bridgehead atoms. The zero-order chi connectivity index (χ0) is 17.7. The molecule has 0 radical (unpaired) electrons. The number of hydrogen-bond donors (Lipinski definition) is 1. The average molecular weight is 381 g/mol. The SMILES string of the molecule is CCCCCCCCCCCCCCCCCCCCCC(=O)O.[H-].[K+]. The van der Waals surface area contributed by atoms with Crippen molar-refractivity contribution >= 4 is 5.97 Å². The van der Waals surface area contributed by atoms with Gasteiger partial charge in [-0.25, -0.2) is 0 Å². The Morgan fingerprint density at radius 1 is 0.560 bits per heavy atom. The Labute approximate surface area is 202 Å². The molecular weight excluding hydrogens is 335 g/mol. The summed E-state index contributed by atoms with van der Waals surface area (Å²) in [6, 6.07) is 0.